The molecule has 5 heteroatoms. The normalized spacial score (nSPS) is 13.0. The van der Waals surface area contributed by atoms with Gasteiger partial charge in [0.15, 0.2) is 6.10 Å². The molecule has 1 N–H and O–H groups in total. The Labute approximate surface area is 483 Å². The molecule has 0 aromatic carbocycles. The minimum Gasteiger partial charge on any atom is -0.462 e. The van der Waals surface area contributed by atoms with Crippen molar-refractivity contribution in [3.8, 4) is 0 Å². The summed E-state index contributed by atoms with van der Waals surface area (Å²) >= 11 is 0. The predicted octanol–water partition coefficient (Wildman–Crippen LogP) is 23.0. The number of rotatable bonds is 60. The summed E-state index contributed by atoms with van der Waals surface area (Å²) in [6.45, 7) is 3.94. The van der Waals surface area contributed by atoms with E-state index in [0.717, 1.165) is 103 Å². The van der Waals surface area contributed by atoms with Crippen LogP contribution in [0.25, 0.3) is 0 Å². The van der Waals surface area contributed by atoms with Gasteiger partial charge in [0.2, 0.25) is 0 Å². The van der Waals surface area contributed by atoms with Crippen molar-refractivity contribution in [3.05, 3.63) is 122 Å². The maximum atomic E-state index is 12.4. The molecule has 78 heavy (non-hydrogen) atoms. The van der Waals surface area contributed by atoms with Gasteiger partial charge in [-0.05, 0) is 103 Å². The second-order valence-corrected chi connectivity index (χ2v) is 21.8. The number of aliphatic hydroxyl groups is 1. The standard InChI is InChI=1S/C73H124O5/c1-3-5-7-9-11-13-15-17-19-21-23-25-27-29-31-33-35-36-38-40-42-44-46-48-50-52-54-56-58-60-62-64-66-68-73(76)78-71(69-74)70-77-72(75)67-65-63-61-59-57-55-53-51-49-47-45-43-41-39-37-34-32-30-28-26-24-22-20-18-16-14-12-10-8-6-4-2/h5-8,11-14,17-20,23-26,29,31,35-36,71,74H,3-4,9-10,15-16,21-22,27-28,30,32-34,37-70H2,1-2H3/b7-5-,8-6-,13-11-,14-12-,19-17-,20-18-,25-23-,26-24-,31-29-,36-35-. The molecule has 446 valence electrons. The summed E-state index contributed by atoms with van der Waals surface area (Å²) < 4.78 is 10.8. The molecule has 0 aliphatic rings. The number of allylic oxidation sites excluding steroid dienone is 20. The lowest BCUT2D eigenvalue weighted by molar-refractivity contribution is -0.161. The van der Waals surface area contributed by atoms with Crippen LogP contribution in [0.1, 0.15) is 309 Å². The molecule has 0 radical (unpaired) electrons. The molecule has 0 saturated carbocycles. The maximum Gasteiger partial charge on any atom is 0.306 e. The fourth-order valence-corrected chi connectivity index (χ4v) is 9.38. The molecule has 5 nitrogen and oxygen atoms in total. The second-order valence-electron chi connectivity index (χ2n) is 21.8. The van der Waals surface area contributed by atoms with Crippen LogP contribution in [0, 0.1) is 0 Å². The Hall–Kier alpha value is -3.70. The van der Waals surface area contributed by atoms with Gasteiger partial charge < -0.3 is 14.6 Å². The molecule has 0 spiro atoms. The SMILES string of the molecule is CC/C=C\C/C=C\C/C=C\C/C=C\C/C=C\C/C=C\CCCCCCCCCCCCCCCCC(=O)OC(CO)COC(=O)CCCCCCCCCCCCCCCCCCCC/C=C\C/C=C\C/C=C\C/C=C\CC. The topological polar surface area (TPSA) is 72.8 Å². The van der Waals surface area contributed by atoms with Gasteiger partial charge in [0, 0.05) is 12.8 Å². The Balaban J connectivity index is 3.47. The lowest BCUT2D eigenvalue weighted by Gasteiger charge is -2.15. The third kappa shape index (κ3) is 64.8. The molecule has 0 bridgehead atoms. The average molecular weight is 1080 g/mol. The van der Waals surface area contributed by atoms with Gasteiger partial charge >= 0.3 is 11.9 Å². The molecule has 0 amide bonds. The summed E-state index contributed by atoms with van der Waals surface area (Å²) in [6.07, 6.45) is 99.2. The highest BCUT2D eigenvalue weighted by molar-refractivity contribution is 5.70. The molecule has 1 unspecified atom stereocenters. The van der Waals surface area contributed by atoms with E-state index in [1.54, 1.807) is 0 Å². The number of carbonyl (C=O) groups excluding carboxylic acids is 2. The molecule has 0 aromatic heterocycles. The van der Waals surface area contributed by atoms with Crippen LogP contribution in [-0.2, 0) is 19.1 Å². The highest BCUT2D eigenvalue weighted by Gasteiger charge is 2.16. The number of aliphatic hydroxyl groups excluding tert-OH is 1. The first-order chi connectivity index (χ1) is 38.6. The average Bonchev–Trinajstić information content (AvgIpc) is 3.44. The van der Waals surface area contributed by atoms with Gasteiger partial charge in [-0.25, -0.2) is 0 Å². The van der Waals surface area contributed by atoms with E-state index in [9.17, 15) is 14.7 Å². The van der Waals surface area contributed by atoms with Crippen molar-refractivity contribution in [2.75, 3.05) is 13.2 Å². The van der Waals surface area contributed by atoms with Crippen molar-refractivity contribution in [3.63, 3.8) is 0 Å². The van der Waals surface area contributed by atoms with Crippen molar-refractivity contribution in [1.29, 1.82) is 0 Å². The monoisotopic (exact) mass is 1080 g/mol. The molecule has 0 fully saturated rings. The molecule has 0 saturated heterocycles. The number of carbonyl (C=O) groups is 2. The van der Waals surface area contributed by atoms with Gasteiger partial charge in [-0.1, -0.05) is 315 Å². The lowest BCUT2D eigenvalue weighted by Crippen LogP contribution is -2.28. The van der Waals surface area contributed by atoms with Crippen LogP contribution >= 0.6 is 0 Å². The number of esters is 2. The molecule has 0 heterocycles. The Bertz CT molecular complexity index is 1550. The first kappa shape index (κ1) is 74.3. The summed E-state index contributed by atoms with van der Waals surface area (Å²) in [6, 6.07) is 0. The zero-order chi connectivity index (χ0) is 56.2. The third-order valence-corrected chi connectivity index (χ3v) is 14.3. The Kier molecular flexibility index (Phi) is 64.4. The quantitative estimate of drug-likeness (QED) is 0.0373. The highest BCUT2D eigenvalue weighted by Crippen LogP contribution is 2.17. The number of hydrogen-bond acceptors (Lipinski definition) is 5. The summed E-state index contributed by atoms with van der Waals surface area (Å²) in [4.78, 5) is 24.6. The number of unbranched alkanes of at least 4 members (excludes halogenated alkanes) is 32. The third-order valence-electron chi connectivity index (χ3n) is 14.3. The molecular formula is C73H124O5. The molecular weight excluding hydrogens is 957 g/mol. The maximum absolute atomic E-state index is 12.4. The Morgan fingerprint density at radius 2 is 0.513 bits per heavy atom. The lowest BCUT2D eigenvalue weighted by atomic mass is 10.0. The van der Waals surface area contributed by atoms with E-state index in [4.69, 9.17) is 9.47 Å². The fraction of sp³-hybridized carbons (Fsp3) is 0.699. The van der Waals surface area contributed by atoms with Crippen LogP contribution in [0.3, 0.4) is 0 Å². The van der Waals surface area contributed by atoms with E-state index >= 15 is 0 Å². The van der Waals surface area contributed by atoms with Crippen LogP contribution in [0.5, 0.6) is 0 Å². The minimum atomic E-state index is -0.779. The molecule has 0 rings (SSSR count). The van der Waals surface area contributed by atoms with Crippen LogP contribution < -0.4 is 0 Å². The van der Waals surface area contributed by atoms with Crippen molar-refractivity contribution >= 4 is 11.9 Å². The highest BCUT2D eigenvalue weighted by atomic mass is 16.6. The zero-order valence-electron chi connectivity index (χ0n) is 51.1. The van der Waals surface area contributed by atoms with Crippen LogP contribution in [0.2, 0.25) is 0 Å². The minimum absolute atomic E-state index is 0.0680. The van der Waals surface area contributed by atoms with Crippen LogP contribution in [0.15, 0.2) is 122 Å². The predicted molar refractivity (Wildman–Crippen MR) is 343 cm³/mol. The van der Waals surface area contributed by atoms with Crippen molar-refractivity contribution < 1.29 is 24.2 Å². The van der Waals surface area contributed by atoms with Crippen LogP contribution in [0.4, 0.5) is 0 Å². The number of hydrogen-bond donors (Lipinski definition) is 1. The van der Waals surface area contributed by atoms with Gasteiger partial charge in [-0.15, -0.1) is 0 Å². The Morgan fingerprint density at radius 1 is 0.295 bits per heavy atom. The van der Waals surface area contributed by atoms with Crippen molar-refractivity contribution in [1.82, 2.24) is 0 Å². The van der Waals surface area contributed by atoms with Crippen LogP contribution in [-0.4, -0.2) is 36.4 Å². The van der Waals surface area contributed by atoms with Gasteiger partial charge in [0.25, 0.3) is 0 Å². The van der Waals surface area contributed by atoms with E-state index in [-0.39, 0.29) is 25.2 Å². The summed E-state index contributed by atoms with van der Waals surface area (Å²) in [5.74, 6) is -0.584. The molecule has 0 aliphatic heterocycles. The molecule has 0 aromatic rings. The summed E-state index contributed by atoms with van der Waals surface area (Å²) in [5.41, 5.74) is 0. The fourth-order valence-electron chi connectivity index (χ4n) is 9.38. The van der Waals surface area contributed by atoms with E-state index in [1.165, 1.54) is 180 Å². The first-order valence-corrected chi connectivity index (χ1v) is 33.1. The van der Waals surface area contributed by atoms with Gasteiger partial charge in [-0.2, -0.15) is 0 Å². The van der Waals surface area contributed by atoms with E-state index in [2.05, 4.69) is 135 Å². The summed E-state index contributed by atoms with van der Waals surface area (Å²) in [7, 11) is 0. The van der Waals surface area contributed by atoms with Gasteiger partial charge in [-0.3, -0.25) is 9.59 Å². The van der Waals surface area contributed by atoms with E-state index < -0.39 is 6.10 Å². The zero-order valence-corrected chi connectivity index (χ0v) is 51.1. The molecule has 1 atom stereocenters. The van der Waals surface area contributed by atoms with Crippen molar-refractivity contribution in [2.24, 2.45) is 0 Å². The largest absolute Gasteiger partial charge is 0.462 e. The Morgan fingerprint density at radius 3 is 0.769 bits per heavy atom. The molecule has 0 aliphatic carbocycles. The number of ether oxygens (including phenoxy) is 2. The summed E-state index contributed by atoms with van der Waals surface area (Å²) in [5, 5.41) is 9.70. The van der Waals surface area contributed by atoms with Gasteiger partial charge in [0.1, 0.15) is 6.61 Å². The smallest absolute Gasteiger partial charge is 0.306 e. The first-order valence-electron chi connectivity index (χ1n) is 33.1. The second kappa shape index (κ2) is 67.6. The van der Waals surface area contributed by atoms with Gasteiger partial charge in [0.05, 0.1) is 6.61 Å². The van der Waals surface area contributed by atoms with E-state index in [0.29, 0.717) is 12.8 Å². The van der Waals surface area contributed by atoms with E-state index in [1.807, 2.05) is 0 Å². The van der Waals surface area contributed by atoms with Crippen molar-refractivity contribution in [2.45, 2.75) is 315 Å².